The first kappa shape index (κ1) is 29.0. The Morgan fingerprint density at radius 3 is 2.52 bits per heavy atom. The topological polar surface area (TPSA) is 88.5 Å². The van der Waals surface area contributed by atoms with Crippen molar-refractivity contribution >= 4 is 34.9 Å². The van der Waals surface area contributed by atoms with E-state index < -0.39 is 5.97 Å². The summed E-state index contributed by atoms with van der Waals surface area (Å²) >= 11 is 5.85. The van der Waals surface area contributed by atoms with Crippen molar-refractivity contribution in [1.82, 2.24) is 19.8 Å². The minimum atomic E-state index is -0.397. The number of methoxy groups -OCH3 is 1. The number of aryl methyl sites for hydroxylation is 3. The molecule has 2 aromatic heterocycles. The average Bonchev–Trinajstić information content (AvgIpc) is 3.47. The van der Waals surface area contributed by atoms with Crippen molar-refractivity contribution < 1.29 is 14.3 Å². The third-order valence-electron chi connectivity index (χ3n) is 7.78. The third kappa shape index (κ3) is 5.65. The molecule has 4 aromatic rings. The van der Waals surface area contributed by atoms with E-state index in [0.717, 1.165) is 45.1 Å². The summed E-state index contributed by atoms with van der Waals surface area (Å²) in [5.74, 6) is -0.477. The highest BCUT2D eigenvalue weighted by atomic mass is 32.1. The van der Waals surface area contributed by atoms with Crippen molar-refractivity contribution in [3.05, 3.63) is 112 Å². The van der Waals surface area contributed by atoms with Gasteiger partial charge < -0.3 is 24.8 Å². The van der Waals surface area contributed by atoms with E-state index in [4.69, 9.17) is 17.0 Å². The lowest BCUT2D eigenvalue weighted by molar-refractivity contribution is -0.116. The number of carbonyl (C=O) groups is 2. The Labute approximate surface area is 251 Å². The molecule has 1 aliphatic heterocycles. The van der Waals surface area contributed by atoms with E-state index in [0.29, 0.717) is 17.2 Å². The molecule has 8 nitrogen and oxygen atoms in total. The Morgan fingerprint density at radius 1 is 1.02 bits per heavy atom. The number of rotatable bonds is 8. The van der Waals surface area contributed by atoms with Crippen molar-refractivity contribution in [3.8, 4) is 5.69 Å². The molecule has 2 atom stereocenters. The van der Waals surface area contributed by atoms with Gasteiger partial charge in [0, 0.05) is 36.2 Å². The van der Waals surface area contributed by atoms with Gasteiger partial charge in [0.1, 0.15) is 0 Å². The first-order valence-corrected chi connectivity index (χ1v) is 14.3. The van der Waals surface area contributed by atoms with E-state index in [-0.39, 0.29) is 24.4 Å². The molecule has 1 amide bonds. The number of hydrogen-bond acceptors (Lipinski definition) is 5. The van der Waals surface area contributed by atoms with E-state index in [9.17, 15) is 9.59 Å². The first-order valence-electron chi connectivity index (χ1n) is 13.9. The van der Waals surface area contributed by atoms with E-state index in [1.54, 1.807) is 12.3 Å². The molecule has 0 saturated carbocycles. The number of hydrogen-bond donors (Lipinski definition) is 2. The van der Waals surface area contributed by atoms with Gasteiger partial charge in [-0.3, -0.25) is 9.78 Å². The number of pyridine rings is 1. The maximum atomic E-state index is 13.1. The van der Waals surface area contributed by atoms with Crippen LogP contribution in [0.5, 0.6) is 0 Å². The maximum Gasteiger partial charge on any atom is 0.339 e. The molecule has 1 fully saturated rings. The van der Waals surface area contributed by atoms with E-state index >= 15 is 0 Å². The molecule has 0 unspecified atom stereocenters. The lowest BCUT2D eigenvalue weighted by Gasteiger charge is -2.28. The second-order valence-electron chi connectivity index (χ2n) is 10.6. The summed E-state index contributed by atoms with van der Waals surface area (Å²) in [6.45, 7) is 8.46. The predicted molar refractivity (Wildman–Crippen MR) is 168 cm³/mol. The van der Waals surface area contributed by atoms with E-state index in [1.165, 1.54) is 7.11 Å². The highest BCUT2D eigenvalue weighted by Gasteiger charge is 2.41. The highest BCUT2D eigenvalue weighted by Crippen LogP contribution is 2.41. The highest BCUT2D eigenvalue weighted by molar-refractivity contribution is 7.80. The smallest absolute Gasteiger partial charge is 0.339 e. The maximum absolute atomic E-state index is 13.1. The van der Waals surface area contributed by atoms with Crippen LogP contribution in [-0.4, -0.2) is 45.1 Å². The Balaban J connectivity index is 1.50. The molecule has 1 saturated heterocycles. The summed E-state index contributed by atoms with van der Waals surface area (Å²) in [4.78, 5) is 32.5. The molecule has 0 spiro atoms. The standard InChI is InChI=1S/C33H35N5O3S/c1-20-13-14-21(2)27(18-20)35-29(39)15-17-37-31(30(36-33(37)42)26-11-8-9-16-34-26)25-19-22(3)38(23(25)4)28-12-7-6-10-24(28)32(40)41-5/h6-14,16,18-19,30-31H,15,17H2,1-5H3,(H,35,39)(H,36,42)/t30-,31+/m1/s1. The average molecular weight is 582 g/mol. The zero-order valence-corrected chi connectivity index (χ0v) is 25.3. The van der Waals surface area contributed by atoms with Crippen LogP contribution in [0.15, 0.2) is 72.9 Å². The van der Waals surface area contributed by atoms with Gasteiger partial charge in [0.2, 0.25) is 5.91 Å². The van der Waals surface area contributed by atoms with Crippen LogP contribution in [0.4, 0.5) is 5.69 Å². The van der Waals surface area contributed by atoms with Gasteiger partial charge in [-0.1, -0.05) is 30.3 Å². The molecule has 0 bridgehead atoms. The number of para-hydroxylation sites is 1. The largest absolute Gasteiger partial charge is 0.465 e. The molecular weight excluding hydrogens is 546 g/mol. The Bertz CT molecular complexity index is 1650. The summed E-state index contributed by atoms with van der Waals surface area (Å²) < 4.78 is 7.14. The lowest BCUT2D eigenvalue weighted by Crippen LogP contribution is -2.33. The predicted octanol–water partition coefficient (Wildman–Crippen LogP) is 5.89. The monoisotopic (exact) mass is 581 g/mol. The van der Waals surface area contributed by atoms with Gasteiger partial charge in [-0.25, -0.2) is 4.79 Å². The fraction of sp³-hybridized carbons (Fsp3) is 0.273. The second-order valence-corrected chi connectivity index (χ2v) is 11.0. The summed E-state index contributed by atoms with van der Waals surface area (Å²) in [6.07, 6.45) is 2.03. The van der Waals surface area contributed by atoms with Gasteiger partial charge in [-0.2, -0.15) is 0 Å². The minimum Gasteiger partial charge on any atom is -0.465 e. The molecule has 0 aliphatic carbocycles. The SMILES string of the molecule is COC(=O)c1ccccc1-n1c(C)cc([C@H]2[C@@H](c3ccccn3)NC(=S)N2CCC(=O)Nc2cc(C)ccc2C)c1C. The van der Waals surface area contributed by atoms with Crippen LogP contribution in [0.25, 0.3) is 5.69 Å². The number of benzene rings is 2. The van der Waals surface area contributed by atoms with Gasteiger partial charge in [0.15, 0.2) is 5.11 Å². The van der Waals surface area contributed by atoms with Gasteiger partial charge in [0.25, 0.3) is 0 Å². The molecular formula is C33H35N5O3S. The zero-order valence-electron chi connectivity index (χ0n) is 24.5. The van der Waals surface area contributed by atoms with Crippen molar-refractivity contribution in [2.24, 2.45) is 0 Å². The zero-order chi connectivity index (χ0) is 30.0. The van der Waals surface area contributed by atoms with Crippen LogP contribution in [0.2, 0.25) is 0 Å². The number of thiocarbonyl (C=S) groups is 1. The Kier molecular flexibility index (Phi) is 8.40. The number of esters is 1. The minimum absolute atomic E-state index is 0.0796. The fourth-order valence-electron chi connectivity index (χ4n) is 5.70. The molecule has 1 aliphatic rings. The van der Waals surface area contributed by atoms with Gasteiger partial charge in [-0.15, -0.1) is 0 Å². The summed E-state index contributed by atoms with van der Waals surface area (Å²) in [5.41, 5.74) is 7.95. The molecule has 2 N–H and O–H groups in total. The van der Waals surface area contributed by atoms with E-state index in [2.05, 4.69) is 31.2 Å². The quantitative estimate of drug-likeness (QED) is 0.198. The van der Waals surface area contributed by atoms with Crippen LogP contribution in [-0.2, 0) is 9.53 Å². The molecule has 9 heteroatoms. The second kappa shape index (κ2) is 12.2. The molecule has 216 valence electrons. The Hall–Kier alpha value is -4.50. The van der Waals surface area contributed by atoms with Crippen LogP contribution in [0.1, 0.15) is 62.6 Å². The summed E-state index contributed by atoms with van der Waals surface area (Å²) in [5, 5.41) is 7.10. The number of nitrogens with zero attached hydrogens (tertiary/aromatic N) is 3. The number of amides is 1. The van der Waals surface area contributed by atoms with Crippen LogP contribution >= 0.6 is 12.2 Å². The summed E-state index contributed by atoms with van der Waals surface area (Å²) in [6, 6.07) is 20.9. The van der Waals surface area contributed by atoms with Gasteiger partial charge >= 0.3 is 5.97 Å². The van der Waals surface area contributed by atoms with Crippen molar-refractivity contribution in [2.45, 2.75) is 46.2 Å². The molecule has 42 heavy (non-hydrogen) atoms. The molecule has 3 heterocycles. The third-order valence-corrected chi connectivity index (χ3v) is 8.14. The number of nitrogens with one attached hydrogen (secondary N) is 2. The fourth-order valence-corrected chi connectivity index (χ4v) is 6.03. The number of carbonyl (C=O) groups excluding carboxylic acids is 2. The molecule has 0 radical (unpaired) electrons. The van der Waals surface area contributed by atoms with Crippen LogP contribution in [0.3, 0.4) is 0 Å². The summed E-state index contributed by atoms with van der Waals surface area (Å²) in [7, 11) is 1.39. The Morgan fingerprint density at radius 2 is 1.79 bits per heavy atom. The molecule has 5 rings (SSSR count). The van der Waals surface area contributed by atoms with E-state index in [1.807, 2.05) is 82.3 Å². The van der Waals surface area contributed by atoms with Crippen molar-refractivity contribution in [2.75, 3.05) is 19.0 Å². The number of anilines is 1. The number of ether oxygens (including phenoxy) is 1. The lowest BCUT2D eigenvalue weighted by atomic mass is 9.96. The number of aromatic nitrogens is 2. The van der Waals surface area contributed by atoms with Crippen LogP contribution in [0, 0.1) is 27.7 Å². The first-order chi connectivity index (χ1) is 20.2. The normalized spacial score (nSPS) is 16.3. The van der Waals surface area contributed by atoms with Crippen LogP contribution < -0.4 is 10.6 Å². The van der Waals surface area contributed by atoms with Gasteiger partial charge in [0.05, 0.1) is 36.1 Å². The van der Waals surface area contributed by atoms with Crippen molar-refractivity contribution in [3.63, 3.8) is 0 Å². The molecule has 2 aromatic carbocycles. The van der Waals surface area contributed by atoms with Gasteiger partial charge in [-0.05, 0) is 93.0 Å². The van der Waals surface area contributed by atoms with Crippen molar-refractivity contribution in [1.29, 1.82) is 0 Å².